The van der Waals surface area contributed by atoms with Crippen molar-refractivity contribution in [2.45, 2.75) is 13.8 Å². The van der Waals surface area contributed by atoms with Crippen LogP contribution < -0.4 is 5.43 Å². The van der Waals surface area contributed by atoms with Gasteiger partial charge < -0.3 is 0 Å². The predicted octanol–water partition coefficient (Wildman–Crippen LogP) is 4.93. The van der Waals surface area contributed by atoms with Gasteiger partial charge >= 0.3 is 0 Å². The second-order valence-electron chi connectivity index (χ2n) is 4.70. The number of nitrogens with zero attached hydrogens (tertiary/aromatic N) is 2. The minimum atomic E-state index is 0.814. The summed E-state index contributed by atoms with van der Waals surface area (Å²) in [6.07, 6.45) is 1.82. The van der Waals surface area contributed by atoms with Gasteiger partial charge in [0.05, 0.1) is 11.9 Å². The number of thiophene rings is 1. The van der Waals surface area contributed by atoms with Crippen molar-refractivity contribution in [3.05, 3.63) is 57.9 Å². The molecular formula is C16H15N3S2. The fraction of sp³-hybridized carbons (Fsp3) is 0.125. The number of hydrogen-bond donors (Lipinski definition) is 1. The van der Waals surface area contributed by atoms with Crippen molar-refractivity contribution in [3.8, 4) is 10.4 Å². The first-order chi connectivity index (χ1) is 10.2. The molecule has 0 unspecified atom stereocenters. The summed E-state index contributed by atoms with van der Waals surface area (Å²) >= 11 is 3.36. The number of anilines is 1. The fourth-order valence-corrected chi connectivity index (χ4v) is 3.43. The molecule has 1 N–H and O–H groups in total. The van der Waals surface area contributed by atoms with Crippen molar-refractivity contribution in [2.75, 3.05) is 5.43 Å². The quantitative estimate of drug-likeness (QED) is 0.547. The third-order valence-electron chi connectivity index (χ3n) is 2.90. The number of rotatable bonds is 4. The molecule has 0 saturated carbocycles. The van der Waals surface area contributed by atoms with Crippen LogP contribution in [0, 0.1) is 13.8 Å². The van der Waals surface area contributed by atoms with Gasteiger partial charge in [0, 0.05) is 15.1 Å². The summed E-state index contributed by atoms with van der Waals surface area (Å²) in [5.41, 5.74) is 6.26. The first-order valence-corrected chi connectivity index (χ1v) is 8.28. The maximum atomic E-state index is 4.31. The second kappa shape index (κ2) is 6.20. The minimum Gasteiger partial charge on any atom is -0.253 e. The van der Waals surface area contributed by atoms with E-state index in [9.17, 15) is 0 Å². The Morgan fingerprint density at radius 3 is 2.81 bits per heavy atom. The third kappa shape index (κ3) is 3.56. The van der Waals surface area contributed by atoms with Crippen LogP contribution in [-0.4, -0.2) is 11.2 Å². The Labute approximate surface area is 132 Å². The van der Waals surface area contributed by atoms with Crippen molar-refractivity contribution in [2.24, 2.45) is 5.10 Å². The molecule has 2 aromatic heterocycles. The molecule has 2 heterocycles. The highest BCUT2D eigenvalue weighted by Crippen LogP contribution is 2.27. The molecule has 21 heavy (non-hydrogen) atoms. The molecule has 0 amide bonds. The lowest BCUT2D eigenvalue weighted by atomic mass is 10.1. The molecule has 0 fully saturated rings. The molecule has 0 aliphatic rings. The number of aromatic nitrogens is 1. The molecule has 5 heteroatoms. The van der Waals surface area contributed by atoms with Crippen molar-refractivity contribution >= 4 is 34.0 Å². The van der Waals surface area contributed by atoms with Gasteiger partial charge in [0.2, 0.25) is 5.13 Å². The summed E-state index contributed by atoms with van der Waals surface area (Å²) in [4.78, 5) is 6.91. The standard InChI is InChI=1S/C16H15N3S2/c1-11-10-20-16(18-11)19-17-9-13-4-3-5-14(8-13)15-7-6-12(2)21-15/h3-10H,1-2H3,(H,18,19). The van der Waals surface area contributed by atoms with Crippen molar-refractivity contribution < 1.29 is 0 Å². The summed E-state index contributed by atoms with van der Waals surface area (Å²) in [5, 5.41) is 7.05. The largest absolute Gasteiger partial charge is 0.253 e. The van der Waals surface area contributed by atoms with E-state index >= 15 is 0 Å². The second-order valence-corrected chi connectivity index (χ2v) is 6.85. The smallest absolute Gasteiger partial charge is 0.203 e. The van der Waals surface area contributed by atoms with Crippen LogP contribution in [0.3, 0.4) is 0 Å². The maximum Gasteiger partial charge on any atom is 0.203 e. The van der Waals surface area contributed by atoms with Crippen LogP contribution in [0.4, 0.5) is 5.13 Å². The number of benzene rings is 1. The van der Waals surface area contributed by atoms with E-state index in [0.29, 0.717) is 0 Å². The molecule has 1 aromatic carbocycles. The molecule has 0 saturated heterocycles. The Morgan fingerprint density at radius 2 is 2.10 bits per heavy atom. The van der Waals surface area contributed by atoms with E-state index in [1.807, 2.05) is 24.6 Å². The molecular weight excluding hydrogens is 298 g/mol. The molecule has 0 radical (unpaired) electrons. The van der Waals surface area contributed by atoms with Crippen LogP contribution in [0.2, 0.25) is 0 Å². The van der Waals surface area contributed by atoms with E-state index in [1.54, 1.807) is 22.7 Å². The first-order valence-electron chi connectivity index (χ1n) is 6.59. The zero-order valence-electron chi connectivity index (χ0n) is 11.8. The predicted molar refractivity (Wildman–Crippen MR) is 92.6 cm³/mol. The number of thiazole rings is 1. The van der Waals surface area contributed by atoms with Gasteiger partial charge in [0.25, 0.3) is 0 Å². The first kappa shape index (κ1) is 14.0. The summed E-state index contributed by atoms with van der Waals surface area (Å²) in [6, 6.07) is 12.7. The van der Waals surface area contributed by atoms with Crippen LogP contribution in [-0.2, 0) is 0 Å². The Balaban J connectivity index is 1.74. The van der Waals surface area contributed by atoms with E-state index in [1.165, 1.54) is 15.3 Å². The molecule has 0 bridgehead atoms. The molecule has 0 atom stereocenters. The van der Waals surface area contributed by atoms with Crippen LogP contribution in [0.25, 0.3) is 10.4 Å². The summed E-state index contributed by atoms with van der Waals surface area (Å²) in [7, 11) is 0. The van der Waals surface area contributed by atoms with Gasteiger partial charge in [-0.15, -0.1) is 22.7 Å². The van der Waals surface area contributed by atoms with E-state index in [4.69, 9.17) is 0 Å². The fourth-order valence-electron chi connectivity index (χ4n) is 1.93. The van der Waals surface area contributed by atoms with Crippen molar-refractivity contribution in [1.29, 1.82) is 0 Å². The van der Waals surface area contributed by atoms with Crippen LogP contribution in [0.15, 0.2) is 46.9 Å². The van der Waals surface area contributed by atoms with Crippen LogP contribution in [0.1, 0.15) is 16.1 Å². The zero-order valence-corrected chi connectivity index (χ0v) is 13.5. The van der Waals surface area contributed by atoms with Gasteiger partial charge in [0.1, 0.15) is 0 Å². The van der Waals surface area contributed by atoms with E-state index in [2.05, 4.69) is 52.8 Å². The number of nitrogens with one attached hydrogen (secondary N) is 1. The average Bonchev–Trinajstić information content (AvgIpc) is 3.08. The number of hydrogen-bond acceptors (Lipinski definition) is 5. The van der Waals surface area contributed by atoms with Crippen LogP contribution >= 0.6 is 22.7 Å². The van der Waals surface area contributed by atoms with E-state index in [-0.39, 0.29) is 0 Å². The Kier molecular flexibility index (Phi) is 4.13. The topological polar surface area (TPSA) is 37.3 Å². The van der Waals surface area contributed by atoms with E-state index < -0.39 is 0 Å². The zero-order chi connectivity index (χ0) is 14.7. The minimum absolute atomic E-state index is 0.814. The monoisotopic (exact) mass is 313 g/mol. The van der Waals surface area contributed by atoms with Gasteiger partial charge in [-0.1, -0.05) is 18.2 Å². The van der Waals surface area contributed by atoms with Crippen molar-refractivity contribution in [1.82, 2.24) is 4.98 Å². The lowest BCUT2D eigenvalue weighted by Crippen LogP contribution is -1.90. The molecule has 0 spiro atoms. The van der Waals surface area contributed by atoms with Gasteiger partial charge in [-0.05, 0) is 43.2 Å². The molecule has 0 aliphatic carbocycles. The lowest BCUT2D eigenvalue weighted by molar-refractivity contribution is 1.22. The lowest BCUT2D eigenvalue weighted by Gasteiger charge is -1.99. The highest BCUT2D eigenvalue weighted by atomic mass is 32.1. The third-order valence-corrected chi connectivity index (χ3v) is 4.82. The summed E-state index contributed by atoms with van der Waals surface area (Å²) in [5.74, 6) is 0. The molecule has 3 aromatic rings. The van der Waals surface area contributed by atoms with Gasteiger partial charge in [0.15, 0.2) is 0 Å². The van der Waals surface area contributed by atoms with E-state index in [0.717, 1.165) is 16.4 Å². The highest BCUT2D eigenvalue weighted by Gasteiger charge is 2.01. The van der Waals surface area contributed by atoms with Gasteiger partial charge in [-0.2, -0.15) is 5.10 Å². The Morgan fingerprint density at radius 1 is 1.19 bits per heavy atom. The SMILES string of the molecule is Cc1csc(NN=Cc2cccc(-c3ccc(C)s3)c2)n1. The average molecular weight is 313 g/mol. The molecule has 3 nitrogen and oxygen atoms in total. The van der Waals surface area contributed by atoms with Gasteiger partial charge in [-0.3, -0.25) is 5.43 Å². The van der Waals surface area contributed by atoms with Crippen LogP contribution in [0.5, 0.6) is 0 Å². The number of aryl methyl sites for hydroxylation is 2. The number of hydrazone groups is 1. The summed E-state index contributed by atoms with van der Waals surface area (Å²) in [6.45, 7) is 4.09. The van der Waals surface area contributed by atoms with Gasteiger partial charge in [-0.25, -0.2) is 4.98 Å². The highest BCUT2D eigenvalue weighted by molar-refractivity contribution is 7.15. The molecule has 0 aliphatic heterocycles. The molecule has 3 rings (SSSR count). The van der Waals surface area contributed by atoms with Crippen molar-refractivity contribution in [3.63, 3.8) is 0 Å². The Bertz CT molecular complexity index is 771. The molecule has 106 valence electrons. The summed E-state index contributed by atoms with van der Waals surface area (Å²) < 4.78 is 0. The maximum absolute atomic E-state index is 4.31. The Hall–Kier alpha value is -1.98. The normalized spacial score (nSPS) is 11.1.